The van der Waals surface area contributed by atoms with E-state index < -0.39 is 0 Å². The number of nitrogens with zero attached hydrogens (tertiary/aromatic N) is 1. The fourth-order valence-electron chi connectivity index (χ4n) is 2.01. The van der Waals surface area contributed by atoms with Crippen LogP contribution in [0.15, 0.2) is 42.0 Å². The van der Waals surface area contributed by atoms with Crippen LogP contribution in [0, 0.1) is 0 Å². The molecule has 0 radical (unpaired) electrons. The van der Waals surface area contributed by atoms with E-state index in [0.717, 1.165) is 31.4 Å². The molecule has 1 aliphatic rings. The van der Waals surface area contributed by atoms with Crippen LogP contribution in [0.25, 0.3) is 0 Å². The lowest BCUT2D eigenvalue weighted by molar-refractivity contribution is 0.0951. The number of rotatable bonds is 5. The highest BCUT2D eigenvalue weighted by Gasteiger charge is 2.13. The van der Waals surface area contributed by atoms with Crippen molar-refractivity contribution in [2.24, 2.45) is 5.10 Å². The van der Waals surface area contributed by atoms with Crippen LogP contribution in [0.2, 0.25) is 0 Å². The lowest BCUT2D eigenvalue weighted by Crippen LogP contribution is -2.20. The van der Waals surface area contributed by atoms with Gasteiger partial charge in [-0.3, -0.25) is 4.79 Å². The van der Waals surface area contributed by atoms with Crippen molar-refractivity contribution in [3.8, 4) is 5.75 Å². The van der Waals surface area contributed by atoms with E-state index in [0.29, 0.717) is 17.9 Å². The highest BCUT2D eigenvalue weighted by atomic mass is 16.5. The first-order chi connectivity index (χ1) is 9.31. The van der Waals surface area contributed by atoms with Crippen molar-refractivity contribution in [2.75, 3.05) is 6.61 Å². The Balaban J connectivity index is 2.05. The number of para-hydroxylation sites is 1. The van der Waals surface area contributed by atoms with Crippen LogP contribution < -0.4 is 10.2 Å². The van der Waals surface area contributed by atoms with Crippen molar-refractivity contribution in [2.45, 2.75) is 25.7 Å². The van der Waals surface area contributed by atoms with Crippen molar-refractivity contribution in [1.82, 2.24) is 5.43 Å². The van der Waals surface area contributed by atoms with E-state index in [1.54, 1.807) is 24.3 Å². The molecule has 19 heavy (non-hydrogen) atoms. The van der Waals surface area contributed by atoms with Crippen LogP contribution >= 0.6 is 0 Å². The zero-order chi connectivity index (χ0) is 13.5. The minimum atomic E-state index is -0.237. The fraction of sp³-hybridized carbons (Fsp3) is 0.333. The Bertz CT molecular complexity index is 487. The molecule has 1 fully saturated rings. The van der Waals surface area contributed by atoms with E-state index in [2.05, 4.69) is 17.1 Å². The van der Waals surface area contributed by atoms with E-state index in [4.69, 9.17) is 4.74 Å². The number of carbonyl (C=O) groups is 1. The van der Waals surface area contributed by atoms with Crippen molar-refractivity contribution >= 4 is 11.6 Å². The Morgan fingerprint density at radius 2 is 2.11 bits per heavy atom. The molecule has 0 aliphatic heterocycles. The third-order valence-corrected chi connectivity index (χ3v) is 2.98. The lowest BCUT2D eigenvalue weighted by Gasteiger charge is -2.08. The van der Waals surface area contributed by atoms with Gasteiger partial charge in [0.2, 0.25) is 0 Å². The van der Waals surface area contributed by atoms with Crippen LogP contribution in [0.5, 0.6) is 5.75 Å². The van der Waals surface area contributed by atoms with Crippen molar-refractivity contribution < 1.29 is 9.53 Å². The summed E-state index contributed by atoms with van der Waals surface area (Å²) in [7, 11) is 0. The summed E-state index contributed by atoms with van der Waals surface area (Å²) in [6.45, 7) is 3.97. The maximum absolute atomic E-state index is 12.1. The molecule has 100 valence electrons. The number of amides is 1. The molecule has 0 bridgehead atoms. The third-order valence-electron chi connectivity index (χ3n) is 2.98. The maximum atomic E-state index is 12.1. The number of hydrazone groups is 1. The second-order valence-electron chi connectivity index (χ2n) is 4.42. The molecule has 0 unspecified atom stereocenters. The van der Waals surface area contributed by atoms with Gasteiger partial charge in [-0.15, -0.1) is 0 Å². The molecule has 1 N–H and O–H groups in total. The second-order valence-corrected chi connectivity index (χ2v) is 4.42. The van der Waals surface area contributed by atoms with Gasteiger partial charge >= 0.3 is 0 Å². The van der Waals surface area contributed by atoms with Crippen LogP contribution in [0.4, 0.5) is 0 Å². The first-order valence-corrected chi connectivity index (χ1v) is 6.50. The van der Waals surface area contributed by atoms with Crippen molar-refractivity contribution in [3.05, 3.63) is 42.5 Å². The molecule has 1 aromatic carbocycles. The third kappa shape index (κ3) is 3.68. The van der Waals surface area contributed by atoms with Crippen LogP contribution in [-0.4, -0.2) is 18.2 Å². The molecule has 0 atom stereocenters. The summed E-state index contributed by atoms with van der Waals surface area (Å²) < 4.78 is 5.45. The first kappa shape index (κ1) is 13.3. The minimum Gasteiger partial charge on any atom is -0.489 e. The van der Waals surface area contributed by atoms with E-state index in [1.165, 1.54) is 0 Å². The second kappa shape index (κ2) is 6.73. The van der Waals surface area contributed by atoms with Crippen LogP contribution in [0.1, 0.15) is 36.0 Å². The first-order valence-electron chi connectivity index (χ1n) is 6.50. The average molecular weight is 258 g/mol. The Morgan fingerprint density at radius 3 is 2.84 bits per heavy atom. The lowest BCUT2D eigenvalue weighted by atomic mass is 10.2. The highest BCUT2D eigenvalue weighted by molar-refractivity contribution is 5.98. The predicted molar refractivity (Wildman–Crippen MR) is 75.5 cm³/mol. The summed E-state index contributed by atoms with van der Waals surface area (Å²) in [5.41, 5.74) is 4.16. The molecule has 0 spiro atoms. The number of benzene rings is 1. The number of carbonyl (C=O) groups excluding carboxylic acids is 1. The Labute approximate surface area is 113 Å². The molecule has 1 aromatic rings. The number of hydrogen-bond acceptors (Lipinski definition) is 3. The molecule has 2 rings (SSSR count). The zero-order valence-electron chi connectivity index (χ0n) is 10.9. The van der Waals surface area contributed by atoms with E-state index in [1.807, 2.05) is 6.07 Å². The maximum Gasteiger partial charge on any atom is 0.275 e. The van der Waals surface area contributed by atoms with Gasteiger partial charge in [0.1, 0.15) is 12.4 Å². The summed E-state index contributed by atoms with van der Waals surface area (Å²) in [5, 5.41) is 4.16. The Hall–Kier alpha value is -2.10. The van der Waals surface area contributed by atoms with Gasteiger partial charge in [0.25, 0.3) is 5.91 Å². The average Bonchev–Trinajstić information content (AvgIpc) is 2.96. The van der Waals surface area contributed by atoms with Gasteiger partial charge < -0.3 is 4.74 Å². The molecular weight excluding hydrogens is 240 g/mol. The van der Waals surface area contributed by atoms with Gasteiger partial charge in [0.15, 0.2) is 0 Å². The molecule has 0 heterocycles. The SMILES string of the molecule is C=CCOc1ccccc1C(=O)NN=C1CCCC1. The van der Waals surface area contributed by atoms with Crippen molar-refractivity contribution in [1.29, 1.82) is 0 Å². The summed E-state index contributed by atoms with van der Waals surface area (Å²) in [4.78, 5) is 12.1. The van der Waals surface area contributed by atoms with Gasteiger partial charge in [0, 0.05) is 5.71 Å². The summed E-state index contributed by atoms with van der Waals surface area (Å²) in [6, 6.07) is 7.13. The molecule has 4 nitrogen and oxygen atoms in total. The Kier molecular flexibility index (Phi) is 4.72. The van der Waals surface area contributed by atoms with Gasteiger partial charge in [-0.1, -0.05) is 24.8 Å². The smallest absolute Gasteiger partial charge is 0.275 e. The summed E-state index contributed by atoms with van der Waals surface area (Å²) >= 11 is 0. The quantitative estimate of drug-likeness (QED) is 0.652. The monoisotopic (exact) mass is 258 g/mol. The van der Waals surface area contributed by atoms with Crippen LogP contribution in [-0.2, 0) is 0 Å². The zero-order valence-corrected chi connectivity index (χ0v) is 10.9. The van der Waals surface area contributed by atoms with Gasteiger partial charge in [0.05, 0.1) is 5.56 Å². The topological polar surface area (TPSA) is 50.7 Å². The number of hydrogen-bond donors (Lipinski definition) is 1. The van der Waals surface area contributed by atoms with Gasteiger partial charge in [-0.2, -0.15) is 5.10 Å². The molecule has 0 aromatic heterocycles. The molecule has 0 saturated heterocycles. The fourth-order valence-corrected chi connectivity index (χ4v) is 2.01. The standard InChI is InChI=1S/C15H18N2O2/c1-2-11-19-14-10-6-5-9-13(14)15(18)17-16-12-7-3-4-8-12/h2,5-6,9-10H,1,3-4,7-8,11H2,(H,17,18). The van der Waals surface area contributed by atoms with Gasteiger partial charge in [-0.05, 0) is 37.8 Å². The molecule has 1 aliphatic carbocycles. The Morgan fingerprint density at radius 1 is 1.37 bits per heavy atom. The summed E-state index contributed by atoms with van der Waals surface area (Å²) in [5.74, 6) is 0.311. The predicted octanol–water partition coefficient (Wildman–Crippen LogP) is 2.91. The number of ether oxygens (including phenoxy) is 1. The molecule has 1 amide bonds. The van der Waals surface area contributed by atoms with E-state index >= 15 is 0 Å². The van der Waals surface area contributed by atoms with Crippen molar-refractivity contribution in [3.63, 3.8) is 0 Å². The normalized spacial score (nSPS) is 14.0. The minimum absolute atomic E-state index is 0.237. The largest absolute Gasteiger partial charge is 0.489 e. The summed E-state index contributed by atoms with van der Waals surface area (Å²) in [6.07, 6.45) is 5.93. The highest BCUT2D eigenvalue weighted by Crippen LogP contribution is 2.18. The number of nitrogens with one attached hydrogen (secondary N) is 1. The van der Waals surface area contributed by atoms with Gasteiger partial charge in [-0.25, -0.2) is 5.43 Å². The van der Waals surface area contributed by atoms with Crippen LogP contribution in [0.3, 0.4) is 0 Å². The molecule has 1 saturated carbocycles. The molecular formula is C15H18N2O2. The van der Waals surface area contributed by atoms with E-state index in [9.17, 15) is 4.79 Å². The van der Waals surface area contributed by atoms with E-state index in [-0.39, 0.29) is 5.91 Å². The molecule has 4 heteroatoms.